The van der Waals surface area contributed by atoms with E-state index in [1.165, 1.54) is 0 Å². The number of para-hydroxylation sites is 1. The first-order valence-corrected chi connectivity index (χ1v) is 9.40. The van der Waals surface area contributed by atoms with Crippen LogP contribution in [0.3, 0.4) is 0 Å². The van der Waals surface area contributed by atoms with Gasteiger partial charge in [0.15, 0.2) is 5.78 Å². The third kappa shape index (κ3) is 5.06. The van der Waals surface area contributed by atoms with Gasteiger partial charge < -0.3 is 10.6 Å². The molecule has 28 heavy (non-hydrogen) atoms. The lowest BCUT2D eigenvalue weighted by Gasteiger charge is -2.15. The van der Waals surface area contributed by atoms with Crippen molar-refractivity contribution < 1.29 is 9.59 Å². The van der Waals surface area contributed by atoms with Gasteiger partial charge in [-0.25, -0.2) is 0 Å². The maximum atomic E-state index is 12.8. The van der Waals surface area contributed by atoms with Crippen molar-refractivity contribution in [3.63, 3.8) is 0 Å². The van der Waals surface area contributed by atoms with Crippen LogP contribution in [0.1, 0.15) is 34.5 Å². The summed E-state index contributed by atoms with van der Waals surface area (Å²) in [5, 5.41) is 6.66. The first-order chi connectivity index (χ1) is 13.5. The molecule has 0 radical (unpaired) electrons. The van der Waals surface area contributed by atoms with E-state index in [1.807, 2.05) is 49.4 Å². The second-order valence-corrected chi connectivity index (χ2v) is 6.88. The van der Waals surface area contributed by atoms with E-state index in [2.05, 4.69) is 10.6 Å². The number of rotatable bonds is 7. The van der Waals surface area contributed by atoms with Gasteiger partial charge in [0.05, 0.1) is 12.2 Å². The van der Waals surface area contributed by atoms with Crippen LogP contribution in [0.4, 0.5) is 5.69 Å². The topological polar surface area (TPSA) is 58.2 Å². The molecule has 0 fully saturated rings. The highest BCUT2D eigenvalue weighted by atomic mass is 35.5. The molecule has 1 amide bonds. The van der Waals surface area contributed by atoms with Crippen molar-refractivity contribution >= 4 is 29.0 Å². The number of halogens is 1. The van der Waals surface area contributed by atoms with Crippen molar-refractivity contribution in [2.45, 2.75) is 13.0 Å². The largest absolute Gasteiger partial charge is 0.324 e. The molecule has 3 aromatic rings. The summed E-state index contributed by atoms with van der Waals surface area (Å²) in [4.78, 5) is 25.2. The van der Waals surface area contributed by atoms with E-state index in [-0.39, 0.29) is 24.3 Å². The molecule has 0 bridgehead atoms. The van der Waals surface area contributed by atoms with Gasteiger partial charge in [0.2, 0.25) is 5.91 Å². The molecule has 4 nitrogen and oxygen atoms in total. The van der Waals surface area contributed by atoms with Gasteiger partial charge in [0, 0.05) is 22.2 Å². The number of carbonyl (C=O) groups excluding carboxylic acids is 2. The van der Waals surface area contributed by atoms with Crippen LogP contribution in [0.15, 0.2) is 78.9 Å². The normalized spacial score (nSPS) is 11.6. The van der Waals surface area contributed by atoms with E-state index in [4.69, 9.17) is 11.6 Å². The second kappa shape index (κ2) is 9.31. The average molecular weight is 393 g/mol. The van der Waals surface area contributed by atoms with E-state index < -0.39 is 0 Å². The molecule has 1 atom stereocenters. The third-order valence-corrected chi connectivity index (χ3v) is 4.63. The molecular weight excluding hydrogens is 372 g/mol. The van der Waals surface area contributed by atoms with Crippen molar-refractivity contribution in [1.29, 1.82) is 0 Å². The lowest BCUT2D eigenvalue weighted by Crippen LogP contribution is -2.30. The molecular formula is C23H21ClN2O2. The lowest BCUT2D eigenvalue weighted by molar-refractivity contribution is -0.115. The lowest BCUT2D eigenvalue weighted by atomic mass is 10.0. The average Bonchev–Trinajstić information content (AvgIpc) is 2.72. The van der Waals surface area contributed by atoms with Crippen molar-refractivity contribution in [1.82, 2.24) is 5.32 Å². The summed E-state index contributed by atoms with van der Waals surface area (Å²) in [6, 6.07) is 23.5. The molecule has 0 spiro atoms. The molecule has 0 unspecified atom stereocenters. The summed E-state index contributed by atoms with van der Waals surface area (Å²) in [5.41, 5.74) is 2.54. The Morgan fingerprint density at radius 2 is 1.64 bits per heavy atom. The minimum atomic E-state index is -0.220. The first kappa shape index (κ1) is 19.8. The summed E-state index contributed by atoms with van der Waals surface area (Å²) < 4.78 is 0. The van der Waals surface area contributed by atoms with Crippen LogP contribution in [0, 0.1) is 0 Å². The van der Waals surface area contributed by atoms with Crippen LogP contribution in [-0.4, -0.2) is 18.2 Å². The molecule has 0 saturated carbocycles. The molecule has 0 aliphatic rings. The molecule has 0 saturated heterocycles. The standard InChI is InChI=1S/C23H21ClN2O2/c1-16(18-10-7-11-19(24)14-18)25-15-22(27)26-21-13-6-5-12-20(21)23(28)17-8-3-2-4-9-17/h2-14,16,25H,15H2,1H3,(H,26,27)/t16-/m1/s1. The van der Waals surface area contributed by atoms with Crippen molar-refractivity contribution in [3.05, 3.63) is 101 Å². The molecule has 3 rings (SSSR count). The molecule has 3 aromatic carbocycles. The summed E-state index contributed by atoms with van der Waals surface area (Å²) in [5.74, 6) is -0.348. The Morgan fingerprint density at radius 1 is 0.929 bits per heavy atom. The van der Waals surface area contributed by atoms with Gasteiger partial charge in [0.25, 0.3) is 0 Å². The van der Waals surface area contributed by atoms with Gasteiger partial charge in [-0.1, -0.05) is 66.2 Å². The highest BCUT2D eigenvalue weighted by Crippen LogP contribution is 2.20. The zero-order chi connectivity index (χ0) is 19.9. The Hall–Kier alpha value is -2.95. The SMILES string of the molecule is C[C@@H](NCC(=O)Nc1ccccc1C(=O)c1ccccc1)c1cccc(Cl)c1. The number of amides is 1. The highest BCUT2D eigenvalue weighted by Gasteiger charge is 2.15. The van der Waals surface area contributed by atoms with Crippen molar-refractivity contribution in [3.8, 4) is 0 Å². The van der Waals surface area contributed by atoms with Gasteiger partial charge in [-0.05, 0) is 36.8 Å². The first-order valence-electron chi connectivity index (χ1n) is 9.02. The van der Waals surface area contributed by atoms with E-state index >= 15 is 0 Å². The molecule has 5 heteroatoms. The minimum absolute atomic E-state index is 0.0364. The summed E-state index contributed by atoms with van der Waals surface area (Å²) in [6.45, 7) is 2.08. The van der Waals surface area contributed by atoms with E-state index in [1.54, 1.807) is 36.4 Å². The van der Waals surface area contributed by atoms with Crippen LogP contribution < -0.4 is 10.6 Å². The van der Waals surface area contributed by atoms with E-state index in [0.717, 1.165) is 5.56 Å². The highest BCUT2D eigenvalue weighted by molar-refractivity contribution is 6.30. The monoisotopic (exact) mass is 392 g/mol. The van der Waals surface area contributed by atoms with Crippen LogP contribution in [0.5, 0.6) is 0 Å². The number of anilines is 1. The predicted molar refractivity (Wildman–Crippen MR) is 113 cm³/mol. The molecule has 0 aliphatic heterocycles. The number of hydrogen-bond acceptors (Lipinski definition) is 3. The summed E-state index contributed by atoms with van der Waals surface area (Å²) >= 11 is 6.02. The minimum Gasteiger partial charge on any atom is -0.324 e. The third-order valence-electron chi connectivity index (χ3n) is 4.40. The fraction of sp³-hybridized carbons (Fsp3) is 0.130. The van der Waals surface area contributed by atoms with Crippen LogP contribution >= 0.6 is 11.6 Å². The maximum absolute atomic E-state index is 12.8. The number of nitrogens with one attached hydrogen (secondary N) is 2. The van der Waals surface area contributed by atoms with Crippen LogP contribution in [0.25, 0.3) is 0 Å². The van der Waals surface area contributed by atoms with E-state index in [0.29, 0.717) is 21.8 Å². The fourth-order valence-corrected chi connectivity index (χ4v) is 3.07. The summed E-state index contributed by atoms with van der Waals surface area (Å²) in [6.07, 6.45) is 0. The smallest absolute Gasteiger partial charge is 0.238 e. The molecule has 0 aromatic heterocycles. The Balaban J connectivity index is 1.65. The number of ketones is 1. The van der Waals surface area contributed by atoms with Gasteiger partial charge in [-0.3, -0.25) is 9.59 Å². The van der Waals surface area contributed by atoms with Crippen LogP contribution in [-0.2, 0) is 4.79 Å². The Kier molecular flexibility index (Phi) is 6.58. The van der Waals surface area contributed by atoms with E-state index in [9.17, 15) is 9.59 Å². The van der Waals surface area contributed by atoms with Crippen molar-refractivity contribution in [2.75, 3.05) is 11.9 Å². The predicted octanol–water partition coefficient (Wildman–Crippen LogP) is 4.86. The number of hydrogen-bond donors (Lipinski definition) is 2. The molecule has 2 N–H and O–H groups in total. The number of benzene rings is 3. The van der Waals surface area contributed by atoms with Gasteiger partial charge >= 0.3 is 0 Å². The zero-order valence-corrected chi connectivity index (χ0v) is 16.2. The van der Waals surface area contributed by atoms with Gasteiger partial charge in [-0.2, -0.15) is 0 Å². The summed E-state index contributed by atoms with van der Waals surface area (Å²) in [7, 11) is 0. The Morgan fingerprint density at radius 3 is 2.39 bits per heavy atom. The molecule has 142 valence electrons. The van der Waals surface area contributed by atoms with Gasteiger partial charge in [-0.15, -0.1) is 0 Å². The molecule has 0 heterocycles. The fourth-order valence-electron chi connectivity index (χ4n) is 2.87. The maximum Gasteiger partial charge on any atom is 0.238 e. The Bertz CT molecular complexity index is 973. The quantitative estimate of drug-likeness (QED) is 0.564. The Labute approximate surface area is 169 Å². The van der Waals surface area contributed by atoms with Crippen LogP contribution in [0.2, 0.25) is 5.02 Å². The van der Waals surface area contributed by atoms with Crippen molar-refractivity contribution in [2.24, 2.45) is 0 Å². The number of carbonyl (C=O) groups is 2. The zero-order valence-electron chi connectivity index (χ0n) is 15.5. The van der Waals surface area contributed by atoms with Gasteiger partial charge in [0.1, 0.15) is 0 Å². The second-order valence-electron chi connectivity index (χ2n) is 6.45. The molecule has 0 aliphatic carbocycles.